The van der Waals surface area contributed by atoms with Crippen LogP contribution in [0.1, 0.15) is 22.0 Å². The normalized spacial score (nSPS) is 15.7. The molecule has 1 amide bonds. The van der Waals surface area contributed by atoms with Crippen LogP contribution in [0.3, 0.4) is 0 Å². The highest BCUT2D eigenvalue weighted by atomic mass is 16.5. The molecule has 158 valence electrons. The van der Waals surface area contributed by atoms with Gasteiger partial charge in [-0.3, -0.25) is 9.69 Å². The lowest BCUT2D eigenvalue weighted by atomic mass is 10.0. The highest BCUT2D eigenvalue weighted by Gasteiger charge is 2.25. The van der Waals surface area contributed by atoms with Crippen molar-refractivity contribution < 1.29 is 23.4 Å². The van der Waals surface area contributed by atoms with Gasteiger partial charge in [-0.25, -0.2) is 0 Å². The zero-order valence-corrected chi connectivity index (χ0v) is 17.2. The number of rotatable bonds is 7. The zero-order chi connectivity index (χ0) is 20.9. The first-order chi connectivity index (χ1) is 14.7. The van der Waals surface area contributed by atoms with Crippen LogP contribution in [-0.4, -0.2) is 57.9 Å². The maximum Gasteiger partial charge on any atom is 0.255 e. The minimum atomic E-state index is -0.154. The molecule has 1 saturated heterocycles. The van der Waals surface area contributed by atoms with Crippen molar-refractivity contribution in [2.75, 3.05) is 47.1 Å². The molecule has 1 unspecified atom stereocenters. The van der Waals surface area contributed by atoms with E-state index in [2.05, 4.69) is 10.2 Å². The van der Waals surface area contributed by atoms with Gasteiger partial charge < -0.3 is 23.9 Å². The Balaban J connectivity index is 1.56. The molecule has 7 heteroatoms. The van der Waals surface area contributed by atoms with Crippen molar-refractivity contribution in [3.8, 4) is 11.5 Å². The third-order valence-corrected chi connectivity index (χ3v) is 5.46. The van der Waals surface area contributed by atoms with E-state index in [-0.39, 0.29) is 11.9 Å². The van der Waals surface area contributed by atoms with Gasteiger partial charge >= 0.3 is 0 Å². The van der Waals surface area contributed by atoms with E-state index in [1.807, 2.05) is 42.5 Å². The molecular weight excluding hydrogens is 384 g/mol. The second-order valence-electron chi connectivity index (χ2n) is 7.13. The first-order valence-electron chi connectivity index (χ1n) is 9.99. The van der Waals surface area contributed by atoms with E-state index in [0.717, 1.165) is 24.0 Å². The molecule has 1 atom stereocenters. The molecule has 0 aliphatic carbocycles. The number of ether oxygens (including phenoxy) is 3. The second kappa shape index (κ2) is 9.19. The molecule has 2 heterocycles. The number of carbonyl (C=O) groups is 1. The van der Waals surface area contributed by atoms with E-state index in [0.29, 0.717) is 42.4 Å². The minimum absolute atomic E-state index is 0.0178. The predicted molar refractivity (Wildman–Crippen MR) is 113 cm³/mol. The maximum absolute atomic E-state index is 12.9. The largest absolute Gasteiger partial charge is 0.493 e. The van der Waals surface area contributed by atoms with Crippen molar-refractivity contribution in [2.24, 2.45) is 0 Å². The Hall–Kier alpha value is -3.03. The van der Waals surface area contributed by atoms with Gasteiger partial charge in [0, 0.05) is 25.0 Å². The first kappa shape index (κ1) is 20.3. The maximum atomic E-state index is 12.9. The summed E-state index contributed by atoms with van der Waals surface area (Å²) < 4.78 is 21.9. The van der Waals surface area contributed by atoms with Gasteiger partial charge in [-0.1, -0.05) is 24.3 Å². The zero-order valence-electron chi connectivity index (χ0n) is 17.2. The molecule has 30 heavy (non-hydrogen) atoms. The van der Waals surface area contributed by atoms with Crippen molar-refractivity contribution in [2.45, 2.75) is 6.04 Å². The monoisotopic (exact) mass is 410 g/mol. The highest BCUT2D eigenvalue weighted by Crippen LogP contribution is 2.32. The molecular formula is C23H26N2O5. The van der Waals surface area contributed by atoms with Gasteiger partial charge in [0.25, 0.3) is 5.91 Å². The average Bonchev–Trinajstić information content (AvgIpc) is 3.24. The van der Waals surface area contributed by atoms with Crippen LogP contribution in [0.25, 0.3) is 11.0 Å². The number of hydrogen-bond donors (Lipinski definition) is 1. The van der Waals surface area contributed by atoms with Crippen molar-refractivity contribution in [3.05, 3.63) is 59.9 Å². The number of furan rings is 1. The summed E-state index contributed by atoms with van der Waals surface area (Å²) in [5.74, 6) is 1.19. The van der Waals surface area contributed by atoms with Crippen LogP contribution < -0.4 is 14.8 Å². The Morgan fingerprint density at radius 2 is 1.87 bits per heavy atom. The summed E-state index contributed by atoms with van der Waals surface area (Å²) in [5, 5.41) is 3.89. The van der Waals surface area contributed by atoms with Crippen LogP contribution in [0.15, 0.2) is 53.1 Å². The lowest BCUT2D eigenvalue weighted by Crippen LogP contribution is -2.43. The van der Waals surface area contributed by atoms with Crippen molar-refractivity contribution in [3.63, 3.8) is 0 Å². The Bertz CT molecular complexity index is 1010. The predicted octanol–water partition coefficient (Wildman–Crippen LogP) is 3.25. The van der Waals surface area contributed by atoms with E-state index < -0.39 is 0 Å². The van der Waals surface area contributed by atoms with Gasteiger partial charge in [-0.05, 0) is 23.8 Å². The van der Waals surface area contributed by atoms with Crippen LogP contribution in [0.5, 0.6) is 11.5 Å². The van der Waals surface area contributed by atoms with E-state index >= 15 is 0 Å². The molecule has 2 aromatic carbocycles. The van der Waals surface area contributed by atoms with Crippen molar-refractivity contribution in [1.29, 1.82) is 0 Å². The van der Waals surface area contributed by atoms with Crippen LogP contribution in [0.2, 0.25) is 0 Å². The number of fused-ring (bicyclic) bond motifs is 1. The van der Waals surface area contributed by atoms with Crippen molar-refractivity contribution in [1.82, 2.24) is 10.2 Å². The number of para-hydroxylation sites is 1. The third-order valence-electron chi connectivity index (χ3n) is 5.46. The smallest absolute Gasteiger partial charge is 0.255 e. The van der Waals surface area contributed by atoms with Gasteiger partial charge in [-0.15, -0.1) is 0 Å². The number of hydrogen-bond acceptors (Lipinski definition) is 6. The van der Waals surface area contributed by atoms with Gasteiger partial charge in [-0.2, -0.15) is 0 Å². The standard InChI is InChI=1S/C23H26N2O5/c1-27-21-8-7-16(13-22(21)28-2)19(25-9-11-29-12-10-25)14-24-23(26)18-15-30-20-6-4-3-5-17(18)20/h3-8,13,15,19H,9-12,14H2,1-2H3,(H,24,26). The second-order valence-corrected chi connectivity index (χ2v) is 7.13. The number of nitrogens with zero attached hydrogens (tertiary/aromatic N) is 1. The summed E-state index contributed by atoms with van der Waals surface area (Å²) in [5.41, 5.74) is 2.29. The molecule has 0 bridgehead atoms. The lowest BCUT2D eigenvalue weighted by molar-refractivity contribution is 0.0162. The number of amides is 1. The van der Waals surface area contributed by atoms with E-state index in [1.54, 1.807) is 14.2 Å². The quantitative estimate of drug-likeness (QED) is 0.645. The molecule has 1 fully saturated rings. The molecule has 3 aromatic rings. The average molecular weight is 410 g/mol. The fourth-order valence-electron chi connectivity index (χ4n) is 3.85. The van der Waals surface area contributed by atoms with E-state index in [9.17, 15) is 4.79 Å². The third kappa shape index (κ3) is 4.13. The lowest BCUT2D eigenvalue weighted by Gasteiger charge is -2.35. The Morgan fingerprint density at radius 3 is 2.63 bits per heavy atom. The minimum Gasteiger partial charge on any atom is -0.493 e. The van der Waals surface area contributed by atoms with Crippen molar-refractivity contribution >= 4 is 16.9 Å². The summed E-state index contributed by atoms with van der Waals surface area (Å²) in [4.78, 5) is 15.2. The number of methoxy groups -OCH3 is 2. The number of morpholine rings is 1. The van der Waals surface area contributed by atoms with Crippen LogP contribution in [0, 0.1) is 0 Å². The number of nitrogens with one attached hydrogen (secondary N) is 1. The fraction of sp³-hybridized carbons (Fsp3) is 0.348. The van der Waals surface area contributed by atoms with Gasteiger partial charge in [0.1, 0.15) is 11.8 Å². The molecule has 0 radical (unpaired) electrons. The molecule has 1 N–H and O–H groups in total. The van der Waals surface area contributed by atoms with E-state index in [4.69, 9.17) is 18.6 Å². The summed E-state index contributed by atoms with van der Waals surface area (Å²) in [6, 6.07) is 13.4. The fourth-order valence-corrected chi connectivity index (χ4v) is 3.85. The Labute approximate surface area is 175 Å². The molecule has 1 aromatic heterocycles. The number of benzene rings is 2. The molecule has 1 aliphatic rings. The van der Waals surface area contributed by atoms with E-state index in [1.165, 1.54) is 6.26 Å². The van der Waals surface area contributed by atoms with Gasteiger partial charge in [0.2, 0.25) is 0 Å². The Morgan fingerprint density at radius 1 is 1.10 bits per heavy atom. The summed E-state index contributed by atoms with van der Waals surface area (Å²) >= 11 is 0. The van der Waals surface area contributed by atoms with Gasteiger partial charge in [0.15, 0.2) is 11.5 Å². The molecule has 7 nitrogen and oxygen atoms in total. The molecule has 1 aliphatic heterocycles. The van der Waals surface area contributed by atoms with Crippen LogP contribution in [-0.2, 0) is 4.74 Å². The Kier molecular flexibility index (Phi) is 6.21. The number of carbonyl (C=O) groups excluding carboxylic acids is 1. The molecule has 4 rings (SSSR count). The molecule has 0 saturated carbocycles. The summed E-state index contributed by atoms with van der Waals surface area (Å²) in [7, 11) is 3.24. The SMILES string of the molecule is COc1ccc(C(CNC(=O)c2coc3ccccc23)N2CCOCC2)cc1OC. The highest BCUT2D eigenvalue weighted by molar-refractivity contribution is 6.05. The van der Waals surface area contributed by atoms with Crippen LogP contribution in [0.4, 0.5) is 0 Å². The topological polar surface area (TPSA) is 73.2 Å². The first-order valence-corrected chi connectivity index (χ1v) is 9.99. The van der Waals surface area contributed by atoms with Crippen LogP contribution >= 0.6 is 0 Å². The molecule has 0 spiro atoms. The van der Waals surface area contributed by atoms with Gasteiger partial charge in [0.05, 0.1) is 39.0 Å². The summed E-state index contributed by atoms with van der Waals surface area (Å²) in [6.45, 7) is 3.38. The summed E-state index contributed by atoms with van der Waals surface area (Å²) in [6.07, 6.45) is 1.51.